The number of benzene rings is 2. The van der Waals surface area contributed by atoms with E-state index in [9.17, 15) is 0 Å². The molecule has 1 fully saturated rings. The zero-order valence-corrected chi connectivity index (χ0v) is 13.0. The average Bonchev–Trinajstić information content (AvgIpc) is 2.91. The first-order valence-corrected chi connectivity index (χ1v) is 7.73. The van der Waals surface area contributed by atoms with Gasteiger partial charge in [-0.25, -0.2) is 0 Å². The second-order valence-corrected chi connectivity index (χ2v) is 6.16. The molecule has 0 radical (unpaired) electrons. The maximum Gasteiger partial charge on any atom is 0.0237 e. The molecule has 0 spiro atoms. The summed E-state index contributed by atoms with van der Waals surface area (Å²) in [4.78, 5) is 2.53. The van der Waals surface area contributed by atoms with Gasteiger partial charge in [-0.05, 0) is 31.4 Å². The summed E-state index contributed by atoms with van der Waals surface area (Å²) in [7, 11) is 0. The van der Waals surface area contributed by atoms with Crippen molar-refractivity contribution in [1.29, 1.82) is 0 Å². The Morgan fingerprint density at radius 1 is 0.905 bits per heavy atom. The van der Waals surface area contributed by atoms with E-state index in [1.54, 1.807) is 5.57 Å². The Balaban J connectivity index is 1.62. The summed E-state index contributed by atoms with van der Waals surface area (Å²) in [6.07, 6.45) is 3.55. The normalized spacial score (nSPS) is 17.5. The van der Waals surface area contributed by atoms with Crippen LogP contribution in [0.5, 0.6) is 0 Å². The summed E-state index contributed by atoms with van der Waals surface area (Å²) in [5.41, 5.74) is 6.95. The molecule has 1 heteroatoms. The van der Waals surface area contributed by atoms with Gasteiger partial charge in [-0.2, -0.15) is 0 Å². The lowest BCUT2D eigenvalue weighted by Crippen LogP contribution is -2.18. The van der Waals surface area contributed by atoms with Crippen molar-refractivity contribution in [2.75, 3.05) is 13.1 Å². The van der Waals surface area contributed by atoms with Gasteiger partial charge in [0.25, 0.3) is 0 Å². The zero-order valence-electron chi connectivity index (χ0n) is 13.0. The third-order valence-electron chi connectivity index (χ3n) is 4.15. The van der Waals surface area contributed by atoms with E-state index in [-0.39, 0.29) is 0 Å². The van der Waals surface area contributed by atoms with Crippen LogP contribution >= 0.6 is 0 Å². The van der Waals surface area contributed by atoms with Gasteiger partial charge < -0.3 is 0 Å². The largest absolute Gasteiger partial charge is 0.295 e. The lowest BCUT2D eigenvalue weighted by atomic mass is 10.1. The molecular formula is C20H23N. The fraction of sp³-hybridized carbons (Fsp3) is 0.300. The second-order valence-electron chi connectivity index (χ2n) is 6.16. The standard InChI is InChI=1S/C20H23N/c1-16-3-7-18(8-4-16)13-20-11-12-21(15-20)14-19-9-5-17(2)6-10-19/h3-10,13H,11-12,14-15H2,1-2H3/b20-13+. The third kappa shape index (κ3) is 3.83. The lowest BCUT2D eigenvalue weighted by molar-refractivity contribution is 0.337. The summed E-state index contributed by atoms with van der Waals surface area (Å²) in [6.45, 7) is 7.61. The van der Waals surface area contributed by atoms with Crippen molar-refractivity contribution < 1.29 is 0 Å². The van der Waals surface area contributed by atoms with Gasteiger partial charge in [0.1, 0.15) is 0 Å². The van der Waals surface area contributed by atoms with Crippen LogP contribution in [0.15, 0.2) is 54.1 Å². The number of nitrogens with zero attached hydrogens (tertiary/aromatic N) is 1. The van der Waals surface area contributed by atoms with E-state index in [1.807, 2.05) is 0 Å². The summed E-state index contributed by atoms with van der Waals surface area (Å²) in [5, 5.41) is 0. The maximum absolute atomic E-state index is 2.53. The highest BCUT2D eigenvalue weighted by Crippen LogP contribution is 2.21. The lowest BCUT2D eigenvalue weighted by Gasteiger charge is -2.14. The number of hydrogen-bond acceptors (Lipinski definition) is 1. The van der Waals surface area contributed by atoms with Crippen molar-refractivity contribution in [2.45, 2.75) is 26.8 Å². The van der Waals surface area contributed by atoms with Gasteiger partial charge in [-0.15, -0.1) is 0 Å². The second kappa shape index (κ2) is 6.28. The molecule has 1 aliphatic heterocycles. The van der Waals surface area contributed by atoms with E-state index < -0.39 is 0 Å². The van der Waals surface area contributed by atoms with Crippen LogP contribution in [0, 0.1) is 13.8 Å². The fourth-order valence-electron chi connectivity index (χ4n) is 2.85. The molecule has 21 heavy (non-hydrogen) atoms. The van der Waals surface area contributed by atoms with E-state index >= 15 is 0 Å². The van der Waals surface area contributed by atoms with Crippen LogP contribution in [0.25, 0.3) is 6.08 Å². The van der Waals surface area contributed by atoms with Crippen molar-refractivity contribution in [2.24, 2.45) is 0 Å². The molecular weight excluding hydrogens is 254 g/mol. The summed E-state index contributed by atoms with van der Waals surface area (Å²) >= 11 is 0. The molecule has 0 amide bonds. The molecule has 0 unspecified atom stereocenters. The number of likely N-dealkylation sites (tertiary alicyclic amines) is 1. The summed E-state index contributed by atoms with van der Waals surface area (Å²) in [6, 6.07) is 17.7. The van der Waals surface area contributed by atoms with Crippen LogP contribution in [0.3, 0.4) is 0 Å². The molecule has 2 aromatic rings. The molecule has 2 aromatic carbocycles. The monoisotopic (exact) mass is 277 g/mol. The first-order valence-electron chi connectivity index (χ1n) is 7.73. The Labute approximate surface area is 127 Å². The van der Waals surface area contributed by atoms with Crippen LogP contribution < -0.4 is 0 Å². The minimum atomic E-state index is 1.06. The highest BCUT2D eigenvalue weighted by molar-refractivity contribution is 5.54. The van der Waals surface area contributed by atoms with Crippen molar-refractivity contribution in [3.05, 3.63) is 76.4 Å². The predicted octanol–water partition coefficient (Wildman–Crippen LogP) is 4.59. The Morgan fingerprint density at radius 3 is 2.19 bits per heavy atom. The molecule has 0 atom stereocenters. The van der Waals surface area contributed by atoms with Crippen molar-refractivity contribution in [3.63, 3.8) is 0 Å². The van der Waals surface area contributed by atoms with Gasteiger partial charge in [0.2, 0.25) is 0 Å². The summed E-state index contributed by atoms with van der Waals surface area (Å²) in [5.74, 6) is 0. The number of aryl methyl sites for hydroxylation is 2. The van der Waals surface area contributed by atoms with Crippen LogP contribution in [0.4, 0.5) is 0 Å². The Morgan fingerprint density at radius 2 is 1.52 bits per heavy atom. The predicted molar refractivity (Wildman–Crippen MR) is 90.2 cm³/mol. The van der Waals surface area contributed by atoms with E-state index in [2.05, 4.69) is 73.4 Å². The highest BCUT2D eigenvalue weighted by Gasteiger charge is 2.16. The Hall–Kier alpha value is -1.86. The first kappa shape index (κ1) is 14.1. The molecule has 1 aliphatic rings. The van der Waals surface area contributed by atoms with Crippen LogP contribution in [0.2, 0.25) is 0 Å². The van der Waals surface area contributed by atoms with E-state index in [0.717, 1.165) is 13.1 Å². The molecule has 1 heterocycles. The fourth-order valence-corrected chi connectivity index (χ4v) is 2.85. The number of rotatable bonds is 3. The van der Waals surface area contributed by atoms with Gasteiger partial charge in [0, 0.05) is 19.6 Å². The van der Waals surface area contributed by atoms with Crippen molar-refractivity contribution in [3.8, 4) is 0 Å². The molecule has 1 saturated heterocycles. The number of hydrogen-bond donors (Lipinski definition) is 0. The third-order valence-corrected chi connectivity index (χ3v) is 4.15. The molecule has 108 valence electrons. The molecule has 0 N–H and O–H groups in total. The molecule has 3 rings (SSSR count). The van der Waals surface area contributed by atoms with E-state index in [0.29, 0.717) is 0 Å². The van der Waals surface area contributed by atoms with E-state index in [4.69, 9.17) is 0 Å². The molecule has 0 aromatic heterocycles. The Bertz CT molecular complexity index is 620. The smallest absolute Gasteiger partial charge is 0.0237 e. The van der Waals surface area contributed by atoms with Crippen LogP contribution in [0.1, 0.15) is 28.7 Å². The molecule has 1 nitrogen and oxygen atoms in total. The van der Waals surface area contributed by atoms with Gasteiger partial charge in [0.15, 0.2) is 0 Å². The minimum Gasteiger partial charge on any atom is -0.295 e. The maximum atomic E-state index is 2.53. The quantitative estimate of drug-likeness (QED) is 0.793. The highest BCUT2D eigenvalue weighted by atomic mass is 15.1. The SMILES string of the molecule is Cc1ccc(/C=C2\CCN(Cc3ccc(C)cc3)C2)cc1. The minimum absolute atomic E-state index is 1.06. The van der Waals surface area contributed by atoms with Crippen molar-refractivity contribution >= 4 is 6.08 Å². The van der Waals surface area contributed by atoms with Crippen LogP contribution in [-0.2, 0) is 6.54 Å². The average molecular weight is 277 g/mol. The molecule has 0 saturated carbocycles. The first-order chi connectivity index (χ1) is 10.2. The molecule has 0 aliphatic carbocycles. The van der Waals surface area contributed by atoms with Gasteiger partial charge >= 0.3 is 0 Å². The van der Waals surface area contributed by atoms with Crippen molar-refractivity contribution in [1.82, 2.24) is 4.90 Å². The van der Waals surface area contributed by atoms with Crippen LogP contribution in [-0.4, -0.2) is 18.0 Å². The Kier molecular flexibility index (Phi) is 4.21. The van der Waals surface area contributed by atoms with Gasteiger partial charge in [-0.1, -0.05) is 71.3 Å². The molecule has 0 bridgehead atoms. The van der Waals surface area contributed by atoms with E-state index in [1.165, 1.54) is 35.2 Å². The topological polar surface area (TPSA) is 3.24 Å². The van der Waals surface area contributed by atoms with Gasteiger partial charge in [0.05, 0.1) is 0 Å². The zero-order chi connectivity index (χ0) is 14.7. The van der Waals surface area contributed by atoms with Gasteiger partial charge in [-0.3, -0.25) is 4.90 Å². The summed E-state index contributed by atoms with van der Waals surface area (Å²) < 4.78 is 0.